The van der Waals surface area contributed by atoms with Gasteiger partial charge in [-0.3, -0.25) is 4.79 Å². The number of hydrogen-bond acceptors (Lipinski definition) is 1. The largest absolute Gasteiger partial charge is 0.299 e. The molecule has 0 radical (unpaired) electrons. The molecule has 0 N–H and O–H groups in total. The summed E-state index contributed by atoms with van der Waals surface area (Å²) in [5.41, 5.74) is 3.67. The first-order chi connectivity index (χ1) is 9.65. The van der Waals surface area contributed by atoms with Crippen molar-refractivity contribution >= 4 is 5.78 Å². The van der Waals surface area contributed by atoms with Crippen molar-refractivity contribution in [3.8, 4) is 0 Å². The highest BCUT2D eigenvalue weighted by Gasteiger charge is 2.05. The fraction of sp³-hybridized carbons (Fsp3) is 0.316. The monoisotopic (exact) mass is 266 g/mol. The van der Waals surface area contributed by atoms with Crippen LogP contribution in [0.2, 0.25) is 0 Å². The zero-order chi connectivity index (χ0) is 14.4. The van der Waals surface area contributed by atoms with Gasteiger partial charge in [0.1, 0.15) is 5.78 Å². The average molecular weight is 266 g/mol. The summed E-state index contributed by atoms with van der Waals surface area (Å²) >= 11 is 0. The molecular weight excluding hydrogens is 244 g/mol. The molecule has 0 heterocycles. The second-order valence-corrected chi connectivity index (χ2v) is 5.60. The highest BCUT2D eigenvalue weighted by molar-refractivity contribution is 5.81. The Hall–Kier alpha value is -1.89. The van der Waals surface area contributed by atoms with Crippen LogP contribution in [0.5, 0.6) is 0 Å². The third-order valence-electron chi connectivity index (χ3n) is 3.58. The number of hydrogen-bond donors (Lipinski definition) is 0. The van der Waals surface area contributed by atoms with Crippen molar-refractivity contribution in [3.63, 3.8) is 0 Å². The molecule has 0 aliphatic carbocycles. The number of carbonyl (C=O) groups excluding carboxylic acids is 1. The molecule has 1 heteroatoms. The third-order valence-corrected chi connectivity index (χ3v) is 3.58. The summed E-state index contributed by atoms with van der Waals surface area (Å²) in [7, 11) is 0. The highest BCUT2D eigenvalue weighted by Crippen LogP contribution is 2.15. The summed E-state index contributed by atoms with van der Waals surface area (Å²) in [6.45, 7) is 4.36. The van der Waals surface area contributed by atoms with Gasteiger partial charge >= 0.3 is 0 Å². The molecule has 0 spiro atoms. The van der Waals surface area contributed by atoms with Crippen molar-refractivity contribution < 1.29 is 4.79 Å². The normalized spacial score (nSPS) is 10.8. The van der Waals surface area contributed by atoms with E-state index < -0.39 is 0 Å². The number of Topliss-reactive ketones (excluding diaryl/α,β-unsaturated/α-hetero) is 1. The van der Waals surface area contributed by atoms with Crippen molar-refractivity contribution in [1.82, 2.24) is 0 Å². The zero-order valence-electron chi connectivity index (χ0n) is 12.3. The van der Waals surface area contributed by atoms with Crippen LogP contribution in [-0.4, -0.2) is 5.78 Å². The van der Waals surface area contributed by atoms with Gasteiger partial charge < -0.3 is 0 Å². The Kier molecular flexibility index (Phi) is 5.11. The Morgan fingerprint density at radius 1 is 0.900 bits per heavy atom. The van der Waals surface area contributed by atoms with Gasteiger partial charge in [-0.25, -0.2) is 0 Å². The van der Waals surface area contributed by atoms with Crippen LogP contribution in [0.1, 0.15) is 42.9 Å². The first kappa shape index (κ1) is 14.5. The third kappa shape index (κ3) is 4.34. The number of rotatable bonds is 6. The molecule has 0 aliphatic rings. The van der Waals surface area contributed by atoms with Crippen LogP contribution in [0, 0.1) is 0 Å². The lowest BCUT2D eigenvalue weighted by Crippen LogP contribution is -2.04. The molecule has 0 aliphatic heterocycles. The van der Waals surface area contributed by atoms with E-state index in [4.69, 9.17) is 0 Å². The van der Waals surface area contributed by atoms with E-state index in [0.717, 1.165) is 12.0 Å². The van der Waals surface area contributed by atoms with Gasteiger partial charge in [-0.1, -0.05) is 68.4 Å². The Morgan fingerprint density at radius 3 is 2.15 bits per heavy atom. The fourth-order valence-electron chi connectivity index (χ4n) is 2.26. The number of ketones is 1. The quantitative estimate of drug-likeness (QED) is 0.749. The van der Waals surface area contributed by atoms with E-state index in [1.54, 1.807) is 0 Å². The molecule has 2 rings (SSSR count). The zero-order valence-corrected chi connectivity index (χ0v) is 12.3. The van der Waals surface area contributed by atoms with E-state index in [0.29, 0.717) is 24.5 Å². The molecule has 0 saturated heterocycles. The SMILES string of the molecule is CC(C)c1ccc(CC(=O)CCc2ccccc2)cc1. The summed E-state index contributed by atoms with van der Waals surface area (Å²) < 4.78 is 0. The summed E-state index contributed by atoms with van der Waals surface area (Å²) in [6, 6.07) is 18.6. The van der Waals surface area contributed by atoms with Crippen LogP contribution < -0.4 is 0 Å². The van der Waals surface area contributed by atoms with Gasteiger partial charge in [0.05, 0.1) is 0 Å². The highest BCUT2D eigenvalue weighted by atomic mass is 16.1. The Morgan fingerprint density at radius 2 is 1.55 bits per heavy atom. The summed E-state index contributed by atoms with van der Waals surface area (Å²) in [6.07, 6.45) is 2.00. The van der Waals surface area contributed by atoms with E-state index >= 15 is 0 Å². The fourth-order valence-corrected chi connectivity index (χ4v) is 2.26. The molecule has 0 saturated carbocycles. The second-order valence-electron chi connectivity index (χ2n) is 5.60. The molecule has 1 nitrogen and oxygen atoms in total. The van der Waals surface area contributed by atoms with Crippen LogP contribution in [0.3, 0.4) is 0 Å². The van der Waals surface area contributed by atoms with Crippen LogP contribution >= 0.6 is 0 Å². The van der Waals surface area contributed by atoms with Crippen molar-refractivity contribution in [1.29, 1.82) is 0 Å². The van der Waals surface area contributed by atoms with E-state index in [2.05, 4.69) is 50.2 Å². The van der Waals surface area contributed by atoms with Gasteiger partial charge in [0.2, 0.25) is 0 Å². The van der Waals surface area contributed by atoms with Gasteiger partial charge in [0, 0.05) is 12.8 Å². The van der Waals surface area contributed by atoms with Crippen molar-refractivity contribution in [3.05, 3.63) is 71.3 Å². The molecule has 0 fully saturated rings. The minimum atomic E-state index is 0.311. The molecule has 0 unspecified atom stereocenters. The Bertz CT molecular complexity index is 538. The van der Waals surface area contributed by atoms with E-state index in [1.807, 2.05) is 18.2 Å². The first-order valence-corrected chi connectivity index (χ1v) is 7.29. The lowest BCUT2D eigenvalue weighted by atomic mass is 9.98. The first-order valence-electron chi connectivity index (χ1n) is 7.29. The molecule has 20 heavy (non-hydrogen) atoms. The predicted molar refractivity (Wildman–Crippen MR) is 84.0 cm³/mol. The van der Waals surface area contributed by atoms with Gasteiger partial charge in [-0.15, -0.1) is 0 Å². The predicted octanol–water partition coefficient (Wildman–Crippen LogP) is 4.55. The van der Waals surface area contributed by atoms with Crippen LogP contribution in [0.15, 0.2) is 54.6 Å². The van der Waals surface area contributed by atoms with Crippen LogP contribution in [-0.2, 0) is 17.6 Å². The lowest BCUT2D eigenvalue weighted by Gasteiger charge is -2.06. The molecular formula is C19H22O. The van der Waals surface area contributed by atoms with E-state index in [-0.39, 0.29) is 0 Å². The lowest BCUT2D eigenvalue weighted by molar-refractivity contribution is -0.118. The van der Waals surface area contributed by atoms with Crippen LogP contribution in [0.25, 0.3) is 0 Å². The Labute approximate surface area is 121 Å². The average Bonchev–Trinajstić information content (AvgIpc) is 2.47. The molecule has 0 bridgehead atoms. The van der Waals surface area contributed by atoms with Gasteiger partial charge in [-0.05, 0) is 29.0 Å². The molecule has 0 atom stereocenters. The molecule has 104 valence electrons. The summed E-state index contributed by atoms with van der Waals surface area (Å²) in [4.78, 5) is 12.0. The van der Waals surface area contributed by atoms with Crippen LogP contribution in [0.4, 0.5) is 0 Å². The minimum Gasteiger partial charge on any atom is -0.299 e. The molecule has 0 amide bonds. The second kappa shape index (κ2) is 7.04. The minimum absolute atomic E-state index is 0.311. The summed E-state index contributed by atoms with van der Waals surface area (Å²) in [5, 5.41) is 0. The molecule has 0 aromatic heterocycles. The molecule has 2 aromatic carbocycles. The number of carbonyl (C=O) groups is 1. The standard InChI is InChI=1S/C19H22O/c1-15(2)18-11-8-17(9-12-18)14-19(20)13-10-16-6-4-3-5-7-16/h3-9,11-12,15H,10,13-14H2,1-2H3. The van der Waals surface area contributed by atoms with E-state index in [1.165, 1.54) is 11.1 Å². The maximum absolute atomic E-state index is 12.0. The topological polar surface area (TPSA) is 17.1 Å². The van der Waals surface area contributed by atoms with Crippen molar-refractivity contribution in [2.75, 3.05) is 0 Å². The van der Waals surface area contributed by atoms with Crippen molar-refractivity contribution in [2.45, 2.75) is 39.0 Å². The van der Waals surface area contributed by atoms with Crippen molar-refractivity contribution in [2.24, 2.45) is 0 Å². The van der Waals surface area contributed by atoms with Gasteiger partial charge in [0.25, 0.3) is 0 Å². The number of aryl methyl sites for hydroxylation is 1. The summed E-state index contributed by atoms with van der Waals surface area (Å²) in [5.74, 6) is 0.851. The van der Waals surface area contributed by atoms with Gasteiger partial charge in [0.15, 0.2) is 0 Å². The maximum atomic E-state index is 12.0. The smallest absolute Gasteiger partial charge is 0.137 e. The number of benzene rings is 2. The molecule has 2 aromatic rings. The van der Waals surface area contributed by atoms with E-state index in [9.17, 15) is 4.79 Å². The van der Waals surface area contributed by atoms with Gasteiger partial charge in [-0.2, -0.15) is 0 Å². The maximum Gasteiger partial charge on any atom is 0.137 e. The Balaban J connectivity index is 1.85.